The van der Waals surface area contributed by atoms with Gasteiger partial charge in [-0.1, -0.05) is 17.7 Å². The van der Waals surface area contributed by atoms with Gasteiger partial charge in [-0.05, 0) is 106 Å². The molecule has 0 saturated carbocycles. The van der Waals surface area contributed by atoms with Crippen molar-refractivity contribution in [2.75, 3.05) is 25.2 Å². The molecule has 2 aliphatic heterocycles. The zero-order chi connectivity index (χ0) is 30.5. The third-order valence-electron chi connectivity index (χ3n) is 7.84. The smallest absolute Gasteiger partial charge is 0.337 e. The number of ether oxygens (including phenoxy) is 3. The van der Waals surface area contributed by atoms with Gasteiger partial charge in [-0.2, -0.15) is 0 Å². The van der Waals surface area contributed by atoms with Crippen molar-refractivity contribution in [3.63, 3.8) is 0 Å². The third-order valence-corrected chi connectivity index (χ3v) is 8.14. The largest absolute Gasteiger partial charge is 0.494 e. The van der Waals surface area contributed by atoms with Crippen LogP contribution >= 0.6 is 11.6 Å². The average Bonchev–Trinajstić information content (AvgIpc) is 3.35. The first-order valence-electron chi connectivity index (χ1n) is 14.0. The first-order valence-corrected chi connectivity index (χ1v) is 14.4. The van der Waals surface area contributed by atoms with Crippen LogP contribution in [-0.4, -0.2) is 42.8 Å². The molecule has 0 unspecified atom stereocenters. The summed E-state index contributed by atoms with van der Waals surface area (Å²) < 4.78 is 32.9. The number of carboxylic acids is 1. The number of fused-ring (bicyclic) bond motifs is 2. The molecular weight excluding hydrogens is 561 g/mol. The summed E-state index contributed by atoms with van der Waals surface area (Å²) in [6.07, 6.45) is 0.514. The third kappa shape index (κ3) is 5.22. The Labute approximate surface area is 250 Å². The second-order valence-corrected chi connectivity index (χ2v) is 12.2. The van der Waals surface area contributed by atoms with Crippen LogP contribution in [0.1, 0.15) is 71.5 Å². The van der Waals surface area contributed by atoms with Gasteiger partial charge >= 0.3 is 5.97 Å². The van der Waals surface area contributed by atoms with Gasteiger partial charge in [0, 0.05) is 23.4 Å². The van der Waals surface area contributed by atoms with E-state index in [9.17, 15) is 14.7 Å². The Kier molecular flexibility index (Phi) is 7.98. The molecule has 0 fully saturated rings. The number of aliphatic carboxylic acids is 1. The van der Waals surface area contributed by atoms with Gasteiger partial charge in [-0.3, -0.25) is 4.79 Å². The molecular formula is C33H35ClFNO6. The van der Waals surface area contributed by atoms with Crippen molar-refractivity contribution in [3.05, 3.63) is 74.6 Å². The van der Waals surface area contributed by atoms with Gasteiger partial charge in [0.05, 0.1) is 29.9 Å². The van der Waals surface area contributed by atoms with E-state index in [0.29, 0.717) is 64.5 Å². The van der Waals surface area contributed by atoms with Gasteiger partial charge in [-0.15, -0.1) is 0 Å². The molecule has 0 radical (unpaired) electrons. The van der Waals surface area contributed by atoms with Crippen molar-refractivity contribution in [1.29, 1.82) is 0 Å². The second-order valence-electron chi connectivity index (χ2n) is 11.7. The summed E-state index contributed by atoms with van der Waals surface area (Å²) >= 11 is 6.33. The monoisotopic (exact) mass is 595 g/mol. The van der Waals surface area contributed by atoms with Crippen molar-refractivity contribution in [3.8, 4) is 22.6 Å². The molecule has 3 aromatic carbocycles. The van der Waals surface area contributed by atoms with Gasteiger partial charge in [0.25, 0.3) is 5.91 Å². The summed E-state index contributed by atoms with van der Waals surface area (Å²) in [4.78, 5) is 28.3. The number of hydrogen-bond acceptors (Lipinski definition) is 5. The molecule has 0 aliphatic carbocycles. The van der Waals surface area contributed by atoms with E-state index in [2.05, 4.69) is 0 Å². The molecule has 1 atom stereocenters. The minimum atomic E-state index is -1.32. The first kappa shape index (κ1) is 29.9. The highest BCUT2D eigenvalue weighted by Crippen LogP contribution is 2.48. The predicted octanol–water partition coefficient (Wildman–Crippen LogP) is 7.24. The highest BCUT2D eigenvalue weighted by molar-refractivity contribution is 6.33. The maximum absolute atomic E-state index is 15.6. The molecule has 42 heavy (non-hydrogen) atoms. The SMILES string of the molecule is COc1c(Cl)cccc1C(=O)N1CCc2c1cc(C)c([C@H](OC(C)(C)C)C(=O)O)c2-c1cc(F)c2c(c1C)CCCO2. The number of halogens is 2. The van der Waals surface area contributed by atoms with E-state index < -0.39 is 23.5 Å². The van der Waals surface area contributed by atoms with Crippen molar-refractivity contribution in [2.45, 2.75) is 65.6 Å². The van der Waals surface area contributed by atoms with Crippen molar-refractivity contribution in [1.82, 2.24) is 0 Å². The Morgan fingerprint density at radius 1 is 1.14 bits per heavy atom. The van der Waals surface area contributed by atoms with Gasteiger partial charge in [0.1, 0.15) is 5.75 Å². The lowest BCUT2D eigenvalue weighted by Gasteiger charge is -2.30. The van der Waals surface area contributed by atoms with E-state index in [1.807, 2.05) is 13.0 Å². The molecule has 3 aromatic rings. The Morgan fingerprint density at radius 2 is 1.88 bits per heavy atom. The van der Waals surface area contributed by atoms with Crippen LogP contribution in [0.2, 0.25) is 5.02 Å². The van der Waals surface area contributed by atoms with Crippen LogP contribution in [0, 0.1) is 19.7 Å². The van der Waals surface area contributed by atoms with Gasteiger partial charge < -0.3 is 24.2 Å². The van der Waals surface area contributed by atoms with Crippen LogP contribution in [0.3, 0.4) is 0 Å². The molecule has 0 spiro atoms. The summed E-state index contributed by atoms with van der Waals surface area (Å²) in [6, 6.07) is 8.26. The normalized spacial score (nSPS) is 15.1. The molecule has 0 bridgehead atoms. The van der Waals surface area contributed by atoms with Crippen LogP contribution in [0.5, 0.6) is 11.5 Å². The van der Waals surface area contributed by atoms with Crippen LogP contribution in [0.25, 0.3) is 11.1 Å². The lowest BCUT2D eigenvalue weighted by atomic mass is 9.83. The molecule has 1 amide bonds. The summed E-state index contributed by atoms with van der Waals surface area (Å²) in [5, 5.41) is 10.7. The number of anilines is 1. The number of aryl methyl sites for hydroxylation is 1. The number of carbonyl (C=O) groups is 2. The number of nitrogens with zero attached hydrogens (tertiary/aromatic N) is 1. The fourth-order valence-electron chi connectivity index (χ4n) is 6.09. The topological polar surface area (TPSA) is 85.3 Å². The zero-order valence-electron chi connectivity index (χ0n) is 24.7. The van der Waals surface area contributed by atoms with Crippen LogP contribution in [-0.2, 0) is 22.4 Å². The second kappa shape index (κ2) is 11.2. The van der Waals surface area contributed by atoms with E-state index in [0.717, 1.165) is 23.1 Å². The fraction of sp³-hybridized carbons (Fsp3) is 0.394. The van der Waals surface area contributed by atoms with Crippen molar-refractivity contribution < 1.29 is 33.3 Å². The summed E-state index contributed by atoms with van der Waals surface area (Å²) in [5.41, 5.74) is 4.74. The van der Waals surface area contributed by atoms with E-state index in [1.54, 1.807) is 50.8 Å². The van der Waals surface area contributed by atoms with Gasteiger partial charge in [0.15, 0.2) is 17.7 Å². The predicted molar refractivity (Wildman–Crippen MR) is 160 cm³/mol. The van der Waals surface area contributed by atoms with Crippen LogP contribution in [0.15, 0.2) is 30.3 Å². The lowest BCUT2D eigenvalue weighted by Crippen LogP contribution is -2.30. The molecule has 1 N–H and O–H groups in total. The number of benzene rings is 3. The quantitative estimate of drug-likeness (QED) is 0.323. The number of hydrogen-bond donors (Lipinski definition) is 1. The molecule has 7 nitrogen and oxygen atoms in total. The number of carboxylic acid groups (broad SMARTS) is 1. The number of amides is 1. The molecule has 222 valence electrons. The average molecular weight is 596 g/mol. The fourth-order valence-corrected chi connectivity index (χ4v) is 6.34. The van der Waals surface area contributed by atoms with E-state index in [4.69, 9.17) is 25.8 Å². The van der Waals surface area contributed by atoms with Gasteiger partial charge in [-0.25, -0.2) is 9.18 Å². The Morgan fingerprint density at radius 3 is 2.55 bits per heavy atom. The van der Waals surface area contributed by atoms with E-state index in [1.165, 1.54) is 13.2 Å². The first-order chi connectivity index (χ1) is 19.8. The lowest BCUT2D eigenvalue weighted by molar-refractivity contribution is -0.160. The maximum Gasteiger partial charge on any atom is 0.337 e. The Balaban J connectivity index is 1.78. The molecule has 5 rings (SSSR count). The summed E-state index contributed by atoms with van der Waals surface area (Å²) in [5.74, 6) is -1.41. The number of methoxy groups -OCH3 is 1. The van der Waals surface area contributed by atoms with E-state index in [-0.39, 0.29) is 17.4 Å². The van der Waals surface area contributed by atoms with E-state index >= 15 is 4.39 Å². The van der Waals surface area contributed by atoms with Crippen molar-refractivity contribution in [2.24, 2.45) is 0 Å². The molecule has 9 heteroatoms. The number of rotatable bonds is 6. The standard InChI is InChI=1S/C33H35ClFNO6/c1-17-15-25-20(12-13-36(25)31(37)21-9-7-11-23(34)28(21)40-6)27(26(17)30(32(38)39)42-33(3,4)5)22-16-24(35)29-19(18(22)2)10-8-14-41-29/h7,9,11,15-16,30H,8,10,12-14H2,1-6H3,(H,38,39)/t30-/m0/s1. The highest BCUT2D eigenvalue weighted by atomic mass is 35.5. The van der Waals surface area contributed by atoms with Crippen LogP contribution in [0.4, 0.5) is 10.1 Å². The molecule has 0 saturated heterocycles. The molecule has 2 heterocycles. The maximum atomic E-state index is 15.6. The zero-order valence-corrected chi connectivity index (χ0v) is 25.4. The molecule has 2 aliphatic rings. The van der Waals surface area contributed by atoms with Crippen molar-refractivity contribution >= 4 is 29.2 Å². The minimum absolute atomic E-state index is 0.249. The van der Waals surface area contributed by atoms with Crippen LogP contribution < -0.4 is 14.4 Å². The Bertz CT molecular complexity index is 1590. The Hall–Kier alpha value is -3.62. The number of para-hydroxylation sites is 1. The highest BCUT2D eigenvalue weighted by Gasteiger charge is 2.38. The summed E-state index contributed by atoms with van der Waals surface area (Å²) in [6.45, 7) is 9.89. The minimum Gasteiger partial charge on any atom is -0.494 e. The van der Waals surface area contributed by atoms with Gasteiger partial charge in [0.2, 0.25) is 0 Å². The molecule has 0 aromatic heterocycles. The summed E-state index contributed by atoms with van der Waals surface area (Å²) in [7, 11) is 1.46. The number of carbonyl (C=O) groups excluding carboxylic acids is 1.